The summed E-state index contributed by atoms with van der Waals surface area (Å²) in [6.45, 7) is -1.31. The predicted octanol–water partition coefficient (Wildman–Crippen LogP) is -3.03. The van der Waals surface area contributed by atoms with Gasteiger partial charge in [0, 0.05) is 25.3 Å². The SMILES string of the molecule is [B-]P(=O)(OC[C@H]1O[C@@H]([n+]2cn(C)c3c(=O)[nH]c(N)nc32)[C@H](O)[C@@H]1CC)OP(=O)(O)OP(=O)(O)OC[C@H]1O[C@@H](n2cnc3c(N)ncnc32)[C@H](OC)[C@@H]1OP(=O)(O)OC[C@H]1O[C@@H](n2ccc(=O)[nH]c2=O)[C@H](O)[C@@H]1O. The number of phosphoric acid groups is 3. The highest BCUT2D eigenvalue weighted by atomic mass is 31.3. The molecule has 5 aromatic rings. The number of nitrogens with one attached hydrogen (secondary N) is 2. The van der Waals surface area contributed by atoms with E-state index >= 15 is 0 Å². The first-order valence-corrected chi connectivity index (χ1v) is 27.3. The van der Waals surface area contributed by atoms with Crippen molar-refractivity contribution in [3.05, 3.63) is 62.4 Å². The van der Waals surface area contributed by atoms with Crippen molar-refractivity contribution in [3.8, 4) is 0 Å². The Morgan fingerprint density at radius 3 is 2.21 bits per heavy atom. The molecule has 399 valence electrons. The summed E-state index contributed by atoms with van der Waals surface area (Å²) in [4.78, 5) is 89.1. The quantitative estimate of drug-likeness (QED) is 0.0210. The molecule has 3 saturated heterocycles. The van der Waals surface area contributed by atoms with E-state index in [-0.39, 0.29) is 40.5 Å². The molecule has 0 bridgehead atoms. The van der Waals surface area contributed by atoms with Crippen molar-refractivity contribution >= 4 is 72.6 Å². The maximum Gasteiger partial charge on any atom is 0.485 e. The molecular formula is C33H46BN12O23P4. The number of aromatic nitrogens is 10. The summed E-state index contributed by atoms with van der Waals surface area (Å²) < 4.78 is 110. The van der Waals surface area contributed by atoms with E-state index in [1.165, 1.54) is 27.1 Å². The summed E-state index contributed by atoms with van der Waals surface area (Å²) in [5, 5.41) is 32.5. The second-order valence-electron chi connectivity index (χ2n) is 16.4. The van der Waals surface area contributed by atoms with Crippen molar-refractivity contribution in [3.63, 3.8) is 0 Å². The van der Waals surface area contributed by atoms with E-state index < -0.39 is 141 Å². The molecule has 0 amide bonds. The predicted molar refractivity (Wildman–Crippen MR) is 239 cm³/mol. The number of H-pyrrole nitrogens is 2. The Hall–Kier alpha value is -4.48. The molecule has 8 rings (SSSR count). The standard InChI is InChI=1S/C33H45BN12O23P4/c1-4-13-14(64-29(20(13)48)46-12-43(2)19-27(46)41-32(36)42-28(19)51)7-61-70(34,53)68-73(58,59)69-72(56,57)63-9-16-23(24(60-3)31(66-16)45-11-39-18-25(35)37-10-38-26(18)45)67-71(54,55)62-8-15-21(49)22(50)30(65-15)44-6-5-17(47)40-33(44)52/h5-6,10-16,20-24,29-31,48-50H,4,7-9H2,1-3H3,(H8-,35,36,37,38,40,41,42,47,51,52,54,55,56,57,58,59)/q-1/p+1/t13-,14-,15-,16-,20-,21-,22-,23-,24-,29-,30-,31-,70?/m1/s1. The highest BCUT2D eigenvalue weighted by Gasteiger charge is 2.53. The van der Waals surface area contributed by atoms with Crippen molar-refractivity contribution in [2.24, 2.45) is 13.0 Å². The molecule has 35 nitrogen and oxygen atoms in total. The van der Waals surface area contributed by atoms with Crippen LogP contribution in [0.1, 0.15) is 32.0 Å². The number of methoxy groups -OCH3 is 1. The molecule has 40 heteroatoms. The fourth-order valence-electron chi connectivity index (χ4n) is 8.40. The molecule has 0 aliphatic carbocycles. The lowest BCUT2D eigenvalue weighted by Gasteiger charge is -2.30. The van der Waals surface area contributed by atoms with Gasteiger partial charge in [-0.15, -0.1) is 0 Å². The summed E-state index contributed by atoms with van der Waals surface area (Å²) in [5.41, 5.74) is 9.50. The number of rotatable bonds is 20. The zero-order chi connectivity index (χ0) is 53.1. The lowest BCUT2D eigenvalue weighted by Crippen LogP contribution is -2.45. The van der Waals surface area contributed by atoms with Gasteiger partial charge >= 0.3 is 34.8 Å². The third-order valence-electron chi connectivity index (χ3n) is 11.6. The number of aryl methyl sites for hydroxylation is 1. The maximum absolute atomic E-state index is 13.6. The van der Waals surface area contributed by atoms with Gasteiger partial charge in [-0.3, -0.25) is 46.8 Å². The number of nitrogens with two attached hydrogens (primary N) is 2. The Morgan fingerprint density at radius 2 is 1.51 bits per heavy atom. The number of imidazole rings is 2. The topological polar surface area (TPSA) is 487 Å². The number of aliphatic hydroxyl groups excluding tert-OH is 3. The molecule has 3 radical (unpaired) electrons. The number of ether oxygens (including phenoxy) is 4. The van der Waals surface area contributed by atoms with Crippen LogP contribution >= 0.6 is 30.9 Å². The van der Waals surface area contributed by atoms with Crippen molar-refractivity contribution in [1.29, 1.82) is 0 Å². The number of fused-ring (bicyclic) bond motifs is 2. The molecule has 3 fully saturated rings. The Kier molecular flexibility index (Phi) is 15.7. The third kappa shape index (κ3) is 11.5. The van der Waals surface area contributed by atoms with Gasteiger partial charge in [0.05, 0.1) is 46.8 Å². The van der Waals surface area contributed by atoms with Gasteiger partial charge in [-0.1, -0.05) is 11.9 Å². The van der Waals surface area contributed by atoms with E-state index in [9.17, 15) is 62.6 Å². The lowest BCUT2D eigenvalue weighted by molar-refractivity contribution is -0.745. The summed E-state index contributed by atoms with van der Waals surface area (Å²) >= 11 is 0. The van der Waals surface area contributed by atoms with Gasteiger partial charge in [-0.2, -0.15) is 4.31 Å². The van der Waals surface area contributed by atoms with Crippen molar-refractivity contribution in [2.45, 2.75) is 80.9 Å². The highest BCUT2D eigenvalue weighted by molar-refractivity contribution is 7.84. The molecule has 73 heavy (non-hydrogen) atoms. The fraction of sp³-hybridized carbons (Fsp3) is 0.576. The number of nitrogens with zero attached hydrogens (tertiary/aromatic N) is 8. The first-order chi connectivity index (χ1) is 34.2. The fourth-order valence-corrected chi connectivity index (χ4v) is 13.0. The van der Waals surface area contributed by atoms with Crippen LogP contribution in [0.3, 0.4) is 0 Å². The van der Waals surface area contributed by atoms with Crippen LogP contribution in [0.5, 0.6) is 0 Å². The molecule has 4 unspecified atom stereocenters. The van der Waals surface area contributed by atoms with Gasteiger partial charge in [0.15, 0.2) is 30.2 Å². The van der Waals surface area contributed by atoms with Gasteiger partial charge in [-0.25, -0.2) is 42.3 Å². The van der Waals surface area contributed by atoms with E-state index in [1.807, 2.05) is 4.98 Å². The summed E-state index contributed by atoms with van der Waals surface area (Å²) in [6, 6.07) is 0.933. The zero-order valence-electron chi connectivity index (χ0n) is 37.9. The molecule has 0 aromatic carbocycles. The average Bonchev–Trinajstić information content (AvgIpc) is 4.09. The second kappa shape index (κ2) is 20.9. The number of aliphatic hydroxyl groups is 3. The minimum absolute atomic E-state index is 0.0264. The van der Waals surface area contributed by atoms with Crippen LogP contribution in [0.25, 0.3) is 22.3 Å². The molecule has 0 spiro atoms. The normalized spacial score (nSPS) is 30.9. The number of hydrogen-bond donors (Lipinski definition) is 10. The van der Waals surface area contributed by atoms with Crippen LogP contribution in [0.15, 0.2) is 45.6 Å². The van der Waals surface area contributed by atoms with Gasteiger partial charge < -0.3 is 77.1 Å². The third-order valence-corrected chi connectivity index (χ3v) is 17.0. The average molecular weight is 1110 g/mol. The Morgan fingerprint density at radius 1 is 0.822 bits per heavy atom. The molecule has 8 heterocycles. The van der Waals surface area contributed by atoms with Gasteiger partial charge in [0.1, 0.15) is 54.6 Å². The maximum atomic E-state index is 13.6. The monoisotopic (exact) mass is 1110 g/mol. The molecule has 0 saturated carbocycles. The van der Waals surface area contributed by atoms with Gasteiger partial charge in [0.2, 0.25) is 11.7 Å². The number of aromatic amines is 2. The minimum Gasteiger partial charge on any atom is -0.443 e. The molecule has 3 aliphatic rings. The lowest BCUT2D eigenvalue weighted by atomic mass is 9.95. The van der Waals surface area contributed by atoms with E-state index in [4.69, 9.17) is 56.1 Å². The number of phosphoric ester groups is 2. The largest absolute Gasteiger partial charge is 0.485 e. The number of nitrogen functional groups attached to an aromatic ring is 2. The van der Waals surface area contributed by atoms with Crippen LogP contribution in [0.4, 0.5) is 11.8 Å². The smallest absolute Gasteiger partial charge is 0.443 e. The molecule has 3 aliphatic heterocycles. The summed E-state index contributed by atoms with van der Waals surface area (Å²) in [5.74, 6) is -1.08. The minimum atomic E-state index is -6.02. The second-order valence-corrected chi connectivity index (χ2v) is 22.5. The van der Waals surface area contributed by atoms with Crippen LogP contribution < -0.4 is 32.8 Å². The van der Waals surface area contributed by atoms with Gasteiger partial charge in [-0.05, 0) is 6.42 Å². The summed E-state index contributed by atoms with van der Waals surface area (Å²) in [7, 11) is -14.3. The van der Waals surface area contributed by atoms with E-state index in [0.717, 1.165) is 36.6 Å². The Bertz CT molecular complexity index is 3250. The number of hydrogen-bond acceptors (Lipinski definition) is 26. The zero-order valence-corrected chi connectivity index (χ0v) is 41.4. The first-order valence-electron chi connectivity index (χ1n) is 21.2. The van der Waals surface area contributed by atoms with Crippen molar-refractivity contribution in [1.82, 2.24) is 43.6 Å². The number of anilines is 2. The molecule has 5 aromatic heterocycles. The van der Waals surface area contributed by atoms with Crippen molar-refractivity contribution in [2.75, 3.05) is 38.4 Å². The van der Waals surface area contributed by atoms with Crippen LogP contribution in [0.2, 0.25) is 0 Å². The van der Waals surface area contributed by atoms with Crippen LogP contribution in [0, 0.1) is 5.92 Å². The molecule has 12 N–H and O–H groups in total. The highest BCUT2D eigenvalue weighted by Crippen LogP contribution is 2.68. The summed E-state index contributed by atoms with van der Waals surface area (Å²) in [6.07, 6.45) is -12.3. The molecule has 16 atom stereocenters. The first kappa shape index (κ1) is 54.8. The molecular weight excluding hydrogens is 1070 g/mol. The van der Waals surface area contributed by atoms with E-state index in [0.29, 0.717) is 0 Å². The van der Waals surface area contributed by atoms with E-state index in [2.05, 4.69) is 33.5 Å². The Balaban J connectivity index is 0.935. The van der Waals surface area contributed by atoms with Crippen molar-refractivity contribution < 1.29 is 98.5 Å². The van der Waals surface area contributed by atoms with E-state index in [1.54, 1.807) is 6.92 Å². The Labute approximate surface area is 408 Å². The van der Waals surface area contributed by atoms with Crippen LogP contribution in [-0.2, 0) is 71.0 Å². The van der Waals surface area contributed by atoms with Crippen LogP contribution in [-0.4, -0.2) is 157 Å². The van der Waals surface area contributed by atoms with Gasteiger partial charge in [0.25, 0.3) is 17.1 Å².